The standard InChI is InChI=1S/C24H30N4O8S2/c1-11-15(23(33)35-7)19(37-17(11)21(31)27(3)4)25-13(29)9-10-14(30)26-20-16(24(34)36-8)12(2)18(38-20)22(32)28(5)6/h9-10H2,1-8H3,(H,25,29)(H,26,30). The Hall–Kier alpha value is -3.78. The molecule has 0 unspecified atom stereocenters. The Morgan fingerprint density at radius 2 is 0.974 bits per heavy atom. The monoisotopic (exact) mass is 566 g/mol. The summed E-state index contributed by atoms with van der Waals surface area (Å²) >= 11 is 1.88. The molecule has 2 aromatic heterocycles. The summed E-state index contributed by atoms with van der Waals surface area (Å²) in [5.74, 6) is -3.24. The van der Waals surface area contributed by atoms with Gasteiger partial charge in [0.15, 0.2) is 0 Å². The highest BCUT2D eigenvalue weighted by Crippen LogP contribution is 2.36. The number of hydrogen-bond acceptors (Lipinski definition) is 10. The van der Waals surface area contributed by atoms with Gasteiger partial charge < -0.3 is 29.9 Å². The summed E-state index contributed by atoms with van der Waals surface area (Å²) < 4.78 is 9.61. The highest BCUT2D eigenvalue weighted by Gasteiger charge is 2.29. The van der Waals surface area contributed by atoms with Crippen molar-refractivity contribution in [2.75, 3.05) is 53.0 Å². The molecule has 0 saturated carbocycles. The lowest BCUT2D eigenvalue weighted by molar-refractivity contribution is -0.121. The molecule has 0 spiro atoms. The smallest absolute Gasteiger partial charge is 0.341 e. The Kier molecular flexibility index (Phi) is 10.1. The largest absolute Gasteiger partial charge is 0.465 e. The minimum atomic E-state index is -0.712. The van der Waals surface area contributed by atoms with E-state index < -0.39 is 23.8 Å². The van der Waals surface area contributed by atoms with Gasteiger partial charge in [-0.3, -0.25) is 19.2 Å². The molecule has 0 fully saturated rings. The molecule has 12 nitrogen and oxygen atoms in total. The first-order valence-electron chi connectivity index (χ1n) is 11.2. The zero-order chi connectivity index (χ0) is 28.9. The van der Waals surface area contributed by atoms with Gasteiger partial charge in [0.05, 0.1) is 35.1 Å². The van der Waals surface area contributed by atoms with Crippen LogP contribution in [0.5, 0.6) is 0 Å². The fraction of sp³-hybridized carbons (Fsp3) is 0.417. The van der Waals surface area contributed by atoms with Crippen molar-refractivity contribution in [3.8, 4) is 0 Å². The second-order valence-electron chi connectivity index (χ2n) is 8.50. The second kappa shape index (κ2) is 12.6. The van der Waals surface area contributed by atoms with E-state index in [1.807, 2.05) is 0 Å². The van der Waals surface area contributed by atoms with E-state index in [1.165, 1.54) is 24.0 Å². The minimum absolute atomic E-state index is 0.0652. The van der Waals surface area contributed by atoms with E-state index >= 15 is 0 Å². The SMILES string of the molecule is COC(=O)c1c(NC(=O)CCC(=O)Nc2sc(C(=O)N(C)C)c(C)c2C(=O)OC)sc(C(=O)N(C)C)c1C. The molecule has 0 radical (unpaired) electrons. The second-order valence-corrected chi connectivity index (χ2v) is 10.5. The zero-order valence-electron chi connectivity index (χ0n) is 22.4. The van der Waals surface area contributed by atoms with Gasteiger partial charge in [0.1, 0.15) is 10.0 Å². The summed E-state index contributed by atoms with van der Waals surface area (Å²) in [5.41, 5.74) is 0.880. The van der Waals surface area contributed by atoms with Crippen LogP contribution in [0.3, 0.4) is 0 Å². The highest BCUT2D eigenvalue weighted by molar-refractivity contribution is 7.19. The van der Waals surface area contributed by atoms with Gasteiger partial charge in [0.2, 0.25) is 11.8 Å². The molecule has 0 saturated heterocycles. The maximum absolute atomic E-state index is 12.6. The molecule has 0 aliphatic rings. The van der Waals surface area contributed by atoms with E-state index in [4.69, 9.17) is 9.47 Å². The third kappa shape index (κ3) is 6.55. The van der Waals surface area contributed by atoms with Crippen LogP contribution < -0.4 is 10.6 Å². The minimum Gasteiger partial charge on any atom is -0.465 e. The van der Waals surface area contributed by atoms with Crippen molar-refractivity contribution in [2.24, 2.45) is 0 Å². The van der Waals surface area contributed by atoms with E-state index in [2.05, 4.69) is 10.6 Å². The maximum Gasteiger partial charge on any atom is 0.341 e. The quantitative estimate of drug-likeness (QED) is 0.440. The lowest BCUT2D eigenvalue weighted by Crippen LogP contribution is -2.21. The number of nitrogens with zero attached hydrogens (tertiary/aromatic N) is 2. The summed E-state index contributed by atoms with van der Waals surface area (Å²) in [5, 5.41) is 5.45. The molecule has 0 bridgehead atoms. The van der Waals surface area contributed by atoms with Crippen molar-refractivity contribution in [1.29, 1.82) is 0 Å². The van der Waals surface area contributed by atoms with Crippen molar-refractivity contribution in [3.63, 3.8) is 0 Å². The molecular weight excluding hydrogens is 536 g/mol. The van der Waals surface area contributed by atoms with E-state index in [0.29, 0.717) is 11.1 Å². The average Bonchev–Trinajstić information content (AvgIpc) is 3.36. The fourth-order valence-corrected chi connectivity index (χ4v) is 5.78. The lowest BCUT2D eigenvalue weighted by atomic mass is 10.1. The van der Waals surface area contributed by atoms with Crippen LogP contribution in [0.4, 0.5) is 10.0 Å². The first-order valence-corrected chi connectivity index (χ1v) is 12.8. The molecule has 0 atom stereocenters. The molecule has 2 heterocycles. The van der Waals surface area contributed by atoms with E-state index in [9.17, 15) is 28.8 Å². The number of thiophene rings is 2. The Morgan fingerprint density at radius 1 is 0.658 bits per heavy atom. The number of hydrogen-bond donors (Lipinski definition) is 2. The van der Waals surface area contributed by atoms with Gasteiger partial charge in [-0.15, -0.1) is 22.7 Å². The molecule has 2 N–H and O–H groups in total. The molecule has 38 heavy (non-hydrogen) atoms. The fourth-order valence-electron chi connectivity index (χ4n) is 3.32. The van der Waals surface area contributed by atoms with Crippen molar-refractivity contribution >= 4 is 68.2 Å². The molecule has 206 valence electrons. The van der Waals surface area contributed by atoms with Crippen LogP contribution in [0, 0.1) is 13.8 Å². The van der Waals surface area contributed by atoms with Gasteiger partial charge in [-0.05, 0) is 25.0 Å². The number of methoxy groups -OCH3 is 2. The van der Waals surface area contributed by atoms with Crippen molar-refractivity contribution in [1.82, 2.24) is 9.80 Å². The number of anilines is 2. The lowest BCUT2D eigenvalue weighted by Gasteiger charge is -2.08. The summed E-state index contributed by atoms with van der Waals surface area (Å²) in [7, 11) is 8.64. The van der Waals surface area contributed by atoms with Gasteiger partial charge in [-0.2, -0.15) is 0 Å². The van der Waals surface area contributed by atoms with Crippen molar-refractivity contribution < 1.29 is 38.2 Å². The number of esters is 2. The van der Waals surface area contributed by atoms with Crippen LogP contribution >= 0.6 is 22.7 Å². The van der Waals surface area contributed by atoms with Crippen LogP contribution in [-0.4, -0.2) is 87.8 Å². The first-order chi connectivity index (χ1) is 17.7. The molecule has 2 rings (SSSR count). The van der Waals surface area contributed by atoms with Crippen LogP contribution in [-0.2, 0) is 19.1 Å². The van der Waals surface area contributed by atoms with Gasteiger partial charge in [-0.1, -0.05) is 0 Å². The summed E-state index contributed by atoms with van der Waals surface area (Å²) in [6.07, 6.45) is -0.524. The van der Waals surface area contributed by atoms with Gasteiger partial charge >= 0.3 is 11.9 Å². The number of amides is 4. The normalized spacial score (nSPS) is 10.4. The van der Waals surface area contributed by atoms with Crippen LogP contribution in [0.25, 0.3) is 0 Å². The van der Waals surface area contributed by atoms with E-state index in [-0.39, 0.29) is 55.5 Å². The first kappa shape index (κ1) is 30.4. The molecule has 14 heteroatoms. The van der Waals surface area contributed by atoms with E-state index in [0.717, 1.165) is 22.7 Å². The van der Waals surface area contributed by atoms with Crippen molar-refractivity contribution in [3.05, 3.63) is 32.0 Å². The van der Waals surface area contributed by atoms with Crippen LogP contribution in [0.1, 0.15) is 64.0 Å². The number of carbonyl (C=O) groups excluding carboxylic acids is 6. The summed E-state index contributed by atoms with van der Waals surface area (Å²) in [6, 6.07) is 0. The molecule has 2 aromatic rings. The predicted molar refractivity (Wildman–Crippen MR) is 143 cm³/mol. The summed E-state index contributed by atoms with van der Waals surface area (Å²) in [4.78, 5) is 78.1. The van der Waals surface area contributed by atoms with Crippen molar-refractivity contribution in [2.45, 2.75) is 26.7 Å². The topological polar surface area (TPSA) is 151 Å². The summed E-state index contributed by atoms with van der Waals surface area (Å²) in [6.45, 7) is 3.17. The third-order valence-corrected chi connectivity index (χ3v) is 7.75. The Bertz CT molecular complexity index is 1190. The number of rotatable bonds is 9. The number of ether oxygens (including phenoxy) is 2. The average molecular weight is 567 g/mol. The highest BCUT2D eigenvalue weighted by atomic mass is 32.1. The van der Waals surface area contributed by atoms with E-state index in [1.54, 1.807) is 42.0 Å². The third-order valence-electron chi connectivity index (χ3n) is 5.36. The maximum atomic E-state index is 12.6. The van der Waals surface area contributed by atoms with Gasteiger partial charge in [0.25, 0.3) is 11.8 Å². The van der Waals surface area contributed by atoms with Gasteiger partial charge in [-0.25, -0.2) is 9.59 Å². The Morgan fingerprint density at radius 3 is 1.24 bits per heavy atom. The Labute approximate surface area is 227 Å². The Balaban J connectivity index is 2.20. The molecule has 0 aliphatic heterocycles. The number of carbonyl (C=O) groups is 6. The molecule has 0 aliphatic carbocycles. The molecule has 4 amide bonds. The number of nitrogens with one attached hydrogen (secondary N) is 2. The predicted octanol–water partition coefficient (Wildman–Crippen LogP) is 2.76. The molecule has 0 aromatic carbocycles. The zero-order valence-corrected chi connectivity index (χ0v) is 24.0. The van der Waals surface area contributed by atoms with Gasteiger partial charge in [0, 0.05) is 41.0 Å². The van der Waals surface area contributed by atoms with Crippen LogP contribution in [0.2, 0.25) is 0 Å². The van der Waals surface area contributed by atoms with Crippen LogP contribution in [0.15, 0.2) is 0 Å². The molecular formula is C24H30N4O8S2.